The number of carboxylic acid groups (broad SMARTS) is 1. The highest BCUT2D eigenvalue weighted by molar-refractivity contribution is 9.10. The summed E-state index contributed by atoms with van der Waals surface area (Å²) in [5.74, 6) is -2.56. The van der Waals surface area contributed by atoms with Gasteiger partial charge in [-0.3, -0.25) is 4.79 Å². The van der Waals surface area contributed by atoms with Gasteiger partial charge in [0.25, 0.3) is 0 Å². The minimum Gasteiger partial charge on any atom is -0.480 e. The van der Waals surface area contributed by atoms with E-state index in [-0.39, 0.29) is 5.69 Å². The molecule has 1 unspecified atom stereocenters. The second-order valence-electron chi connectivity index (χ2n) is 5.11. The van der Waals surface area contributed by atoms with E-state index in [0.717, 1.165) is 11.3 Å². The predicted octanol–water partition coefficient (Wildman–Crippen LogP) is 3.67. The van der Waals surface area contributed by atoms with E-state index in [0.29, 0.717) is 16.5 Å². The third-order valence-corrected chi connectivity index (χ3v) is 4.38. The number of hydrogen-bond donors (Lipinski definition) is 1. The van der Waals surface area contributed by atoms with E-state index in [1.54, 1.807) is 4.68 Å². The highest BCUT2D eigenvalue weighted by Crippen LogP contribution is 2.36. The lowest BCUT2D eigenvalue weighted by Gasteiger charge is -2.08. The maximum atomic E-state index is 11.4. The highest BCUT2D eigenvalue weighted by atomic mass is 79.9. The quantitative estimate of drug-likeness (QED) is 0.537. The van der Waals surface area contributed by atoms with Crippen molar-refractivity contribution >= 4 is 28.2 Å². The molecular formula is C18H13BrN2O3. The number of halogens is 1. The zero-order valence-electron chi connectivity index (χ0n) is 12.5. The summed E-state index contributed by atoms with van der Waals surface area (Å²) in [5.41, 5.74) is 2.52. The van der Waals surface area contributed by atoms with Gasteiger partial charge in [-0.05, 0) is 28.1 Å². The maximum absolute atomic E-state index is 11.4. The number of benzene rings is 2. The summed E-state index contributed by atoms with van der Waals surface area (Å²) in [4.78, 5) is 22.6. The molecule has 0 amide bonds. The SMILES string of the molecule is O=CC(C(=O)O)c1nn(-c2ccccc2)c(-c2ccccc2)c1Br. The summed E-state index contributed by atoms with van der Waals surface area (Å²) in [6.45, 7) is 0. The lowest BCUT2D eigenvalue weighted by molar-refractivity contribution is -0.140. The number of hydrogen-bond acceptors (Lipinski definition) is 3. The normalized spacial score (nSPS) is 11.9. The summed E-state index contributed by atoms with van der Waals surface area (Å²) < 4.78 is 2.14. The lowest BCUT2D eigenvalue weighted by atomic mass is 10.1. The largest absolute Gasteiger partial charge is 0.480 e. The van der Waals surface area contributed by atoms with E-state index in [9.17, 15) is 14.7 Å². The van der Waals surface area contributed by atoms with E-state index in [4.69, 9.17) is 0 Å². The van der Waals surface area contributed by atoms with Gasteiger partial charge in [0.15, 0.2) is 5.92 Å². The Morgan fingerprint density at radius 1 is 1.08 bits per heavy atom. The molecule has 24 heavy (non-hydrogen) atoms. The molecule has 0 aliphatic heterocycles. The number of nitrogens with zero attached hydrogens (tertiary/aromatic N) is 2. The molecule has 1 N–H and O–H groups in total. The van der Waals surface area contributed by atoms with Gasteiger partial charge < -0.3 is 9.90 Å². The summed E-state index contributed by atoms with van der Waals surface area (Å²) in [7, 11) is 0. The van der Waals surface area contributed by atoms with Gasteiger partial charge in [0, 0.05) is 5.56 Å². The third-order valence-electron chi connectivity index (χ3n) is 3.60. The fourth-order valence-electron chi connectivity index (χ4n) is 2.46. The number of rotatable bonds is 5. The van der Waals surface area contributed by atoms with Crippen molar-refractivity contribution in [1.29, 1.82) is 0 Å². The Balaban J connectivity index is 2.28. The molecule has 0 saturated heterocycles. The van der Waals surface area contributed by atoms with Crippen LogP contribution in [0.3, 0.4) is 0 Å². The van der Waals surface area contributed by atoms with Crippen molar-refractivity contribution in [2.45, 2.75) is 5.92 Å². The molecule has 0 fully saturated rings. The van der Waals surface area contributed by atoms with Gasteiger partial charge in [-0.1, -0.05) is 48.5 Å². The number of aromatic nitrogens is 2. The zero-order valence-corrected chi connectivity index (χ0v) is 14.1. The minimum atomic E-state index is -1.33. The van der Waals surface area contributed by atoms with Crippen molar-refractivity contribution in [2.24, 2.45) is 0 Å². The predicted molar refractivity (Wildman–Crippen MR) is 93.1 cm³/mol. The smallest absolute Gasteiger partial charge is 0.320 e. The van der Waals surface area contributed by atoms with Crippen LogP contribution >= 0.6 is 15.9 Å². The van der Waals surface area contributed by atoms with Crippen LogP contribution in [-0.2, 0) is 9.59 Å². The molecule has 0 saturated carbocycles. The van der Waals surface area contributed by atoms with Gasteiger partial charge in [0.05, 0.1) is 21.5 Å². The molecule has 0 aliphatic rings. The van der Waals surface area contributed by atoms with E-state index in [1.165, 1.54) is 0 Å². The Bertz CT molecular complexity index is 876. The molecule has 1 aromatic heterocycles. The molecule has 1 atom stereocenters. The molecule has 0 spiro atoms. The second-order valence-corrected chi connectivity index (χ2v) is 5.91. The molecule has 120 valence electrons. The van der Waals surface area contributed by atoms with Crippen LogP contribution in [0.25, 0.3) is 16.9 Å². The van der Waals surface area contributed by atoms with Crippen molar-refractivity contribution in [3.05, 3.63) is 70.8 Å². The standard InChI is InChI=1S/C18H13BrN2O3/c19-15-16(14(11-22)18(23)24)20-21(13-9-5-2-6-10-13)17(15)12-7-3-1-4-8-12/h1-11,14H,(H,23,24). The number of carbonyl (C=O) groups is 2. The monoisotopic (exact) mass is 384 g/mol. The van der Waals surface area contributed by atoms with Gasteiger partial charge in [-0.2, -0.15) is 5.10 Å². The zero-order chi connectivity index (χ0) is 17.1. The maximum Gasteiger partial charge on any atom is 0.320 e. The van der Waals surface area contributed by atoms with Crippen molar-refractivity contribution < 1.29 is 14.7 Å². The van der Waals surface area contributed by atoms with E-state index < -0.39 is 11.9 Å². The molecule has 5 nitrogen and oxygen atoms in total. The molecular weight excluding hydrogens is 372 g/mol. The molecule has 0 aliphatic carbocycles. The van der Waals surface area contributed by atoms with Crippen LogP contribution in [0.2, 0.25) is 0 Å². The number of aldehydes is 1. The molecule has 3 rings (SSSR count). The fraction of sp³-hybridized carbons (Fsp3) is 0.0556. The third kappa shape index (κ3) is 2.88. The molecule has 0 bridgehead atoms. The van der Waals surface area contributed by atoms with Crippen LogP contribution in [0.15, 0.2) is 65.1 Å². The average Bonchev–Trinajstić information content (AvgIpc) is 2.94. The summed E-state index contributed by atoms with van der Waals surface area (Å²) in [6.07, 6.45) is 0.388. The Morgan fingerprint density at radius 2 is 1.67 bits per heavy atom. The van der Waals surface area contributed by atoms with Crippen molar-refractivity contribution in [1.82, 2.24) is 9.78 Å². The van der Waals surface area contributed by atoms with Crippen LogP contribution in [-0.4, -0.2) is 27.1 Å². The first-order valence-corrected chi connectivity index (χ1v) is 8.00. The molecule has 1 heterocycles. The number of para-hydroxylation sites is 1. The van der Waals surface area contributed by atoms with Crippen molar-refractivity contribution in [3.8, 4) is 16.9 Å². The van der Waals surface area contributed by atoms with E-state index >= 15 is 0 Å². The van der Waals surface area contributed by atoms with Crippen LogP contribution in [0, 0.1) is 0 Å². The Labute approximate surface area is 146 Å². The Hall–Kier alpha value is -2.73. The Morgan fingerprint density at radius 3 is 2.21 bits per heavy atom. The van der Waals surface area contributed by atoms with Gasteiger partial charge in [0.1, 0.15) is 6.29 Å². The molecule has 6 heteroatoms. The average molecular weight is 385 g/mol. The molecule has 3 aromatic rings. The Kier molecular flexibility index (Phi) is 4.57. The van der Waals surface area contributed by atoms with Crippen LogP contribution in [0.4, 0.5) is 0 Å². The summed E-state index contributed by atoms with van der Waals surface area (Å²) in [6, 6.07) is 18.8. The van der Waals surface area contributed by atoms with Gasteiger partial charge in [0.2, 0.25) is 0 Å². The van der Waals surface area contributed by atoms with Gasteiger partial charge >= 0.3 is 5.97 Å². The van der Waals surface area contributed by atoms with Crippen LogP contribution < -0.4 is 0 Å². The van der Waals surface area contributed by atoms with Crippen molar-refractivity contribution in [2.75, 3.05) is 0 Å². The molecule has 2 aromatic carbocycles. The molecule has 0 radical (unpaired) electrons. The van der Waals surface area contributed by atoms with E-state index in [2.05, 4.69) is 21.0 Å². The summed E-state index contributed by atoms with van der Waals surface area (Å²) >= 11 is 3.44. The van der Waals surface area contributed by atoms with Crippen molar-refractivity contribution in [3.63, 3.8) is 0 Å². The first-order chi connectivity index (χ1) is 11.6. The topological polar surface area (TPSA) is 72.2 Å². The van der Waals surface area contributed by atoms with Gasteiger partial charge in [-0.25, -0.2) is 4.68 Å². The summed E-state index contributed by atoms with van der Waals surface area (Å²) in [5, 5.41) is 13.7. The number of carboxylic acids is 1. The van der Waals surface area contributed by atoms with E-state index in [1.807, 2.05) is 60.7 Å². The highest BCUT2D eigenvalue weighted by Gasteiger charge is 2.29. The van der Waals surface area contributed by atoms with Gasteiger partial charge in [-0.15, -0.1) is 0 Å². The number of carbonyl (C=O) groups excluding carboxylic acids is 1. The lowest BCUT2D eigenvalue weighted by Crippen LogP contribution is -2.14. The number of aliphatic carboxylic acids is 1. The first-order valence-electron chi connectivity index (χ1n) is 7.21. The van der Waals surface area contributed by atoms with Crippen LogP contribution in [0.1, 0.15) is 11.6 Å². The minimum absolute atomic E-state index is 0.181. The van der Waals surface area contributed by atoms with Crippen LogP contribution in [0.5, 0.6) is 0 Å². The first kappa shape index (κ1) is 16.1. The fourth-order valence-corrected chi connectivity index (χ4v) is 3.18. The second kappa shape index (κ2) is 6.80.